The number of halogens is 2. The summed E-state index contributed by atoms with van der Waals surface area (Å²) < 4.78 is 0.852. The minimum absolute atomic E-state index is 0.0666. The van der Waals surface area contributed by atoms with Crippen LogP contribution in [0, 0.1) is 11.8 Å². The number of nitrogens with zero attached hydrogens (tertiary/aromatic N) is 1. The van der Waals surface area contributed by atoms with Crippen molar-refractivity contribution in [2.45, 2.75) is 13.3 Å². The lowest BCUT2D eigenvalue weighted by atomic mass is 9.87. The largest absolute Gasteiger partial charge is 0.481 e. The second-order valence-corrected chi connectivity index (χ2v) is 6.99. The van der Waals surface area contributed by atoms with E-state index in [1.54, 1.807) is 11.0 Å². The van der Waals surface area contributed by atoms with E-state index in [1.165, 1.54) is 0 Å². The van der Waals surface area contributed by atoms with E-state index in [4.69, 9.17) is 28.3 Å². The quantitative estimate of drug-likeness (QED) is 0.909. The number of likely N-dealkylation sites (tertiary alicyclic amines) is 1. The molecule has 2 atom stereocenters. The highest BCUT2D eigenvalue weighted by Crippen LogP contribution is 2.33. The number of thiophene rings is 1. The zero-order chi connectivity index (χ0) is 14.2. The smallest absolute Gasteiger partial charge is 0.306 e. The molecule has 1 aliphatic rings. The van der Waals surface area contributed by atoms with E-state index in [-0.39, 0.29) is 17.7 Å². The Kier molecular flexibility index (Phi) is 4.38. The molecule has 1 saturated heterocycles. The Morgan fingerprint density at radius 2 is 2.16 bits per heavy atom. The summed E-state index contributed by atoms with van der Waals surface area (Å²) in [6.07, 6.45) is 0.470. The van der Waals surface area contributed by atoms with E-state index < -0.39 is 5.97 Å². The fourth-order valence-electron chi connectivity index (χ4n) is 2.35. The summed E-state index contributed by atoms with van der Waals surface area (Å²) in [5.41, 5.74) is 0.401. The Labute approximate surface area is 124 Å². The van der Waals surface area contributed by atoms with Crippen molar-refractivity contribution >= 4 is 46.4 Å². The van der Waals surface area contributed by atoms with Crippen LogP contribution in [-0.4, -0.2) is 35.0 Å². The number of carboxylic acid groups (broad SMARTS) is 1. The number of amides is 1. The van der Waals surface area contributed by atoms with Gasteiger partial charge in [0.15, 0.2) is 0 Å². The SMILES string of the molecule is CC1CN(C(=O)c2cc(Cl)sc2Cl)CCC1C(=O)O. The molecule has 2 rings (SSSR count). The average Bonchev–Trinajstić information content (AvgIpc) is 2.67. The minimum atomic E-state index is -0.795. The van der Waals surface area contributed by atoms with Gasteiger partial charge in [0, 0.05) is 13.1 Å². The maximum absolute atomic E-state index is 12.3. The molecule has 19 heavy (non-hydrogen) atoms. The summed E-state index contributed by atoms with van der Waals surface area (Å²) in [5.74, 6) is -1.42. The number of aliphatic carboxylic acids is 1. The Morgan fingerprint density at radius 3 is 2.63 bits per heavy atom. The van der Waals surface area contributed by atoms with Crippen molar-refractivity contribution in [2.75, 3.05) is 13.1 Å². The molecule has 1 amide bonds. The van der Waals surface area contributed by atoms with E-state index in [1.807, 2.05) is 6.92 Å². The first-order chi connectivity index (χ1) is 8.90. The van der Waals surface area contributed by atoms with Crippen molar-refractivity contribution in [3.8, 4) is 0 Å². The predicted octanol–water partition coefficient (Wildman–Crippen LogP) is 3.24. The molecule has 0 saturated carbocycles. The summed E-state index contributed by atoms with van der Waals surface area (Å²) >= 11 is 13.0. The standard InChI is InChI=1S/C12H13Cl2NO3S/c1-6-5-15(3-2-7(6)12(17)18)11(16)8-4-9(13)19-10(8)14/h4,6-7H,2-3,5H2,1H3,(H,17,18). The summed E-state index contributed by atoms with van der Waals surface area (Å²) in [4.78, 5) is 25.0. The van der Waals surface area contributed by atoms with Crippen LogP contribution in [0.2, 0.25) is 8.67 Å². The molecule has 1 fully saturated rings. The van der Waals surface area contributed by atoms with Crippen LogP contribution in [0.5, 0.6) is 0 Å². The lowest BCUT2D eigenvalue weighted by molar-refractivity contribution is -0.145. The molecule has 7 heteroatoms. The van der Waals surface area contributed by atoms with E-state index in [9.17, 15) is 9.59 Å². The average molecular weight is 322 g/mol. The zero-order valence-electron chi connectivity index (χ0n) is 10.2. The van der Waals surface area contributed by atoms with Crippen molar-refractivity contribution in [1.82, 2.24) is 4.90 Å². The summed E-state index contributed by atoms with van der Waals surface area (Å²) in [6.45, 7) is 2.71. The topological polar surface area (TPSA) is 57.6 Å². The third-order valence-corrected chi connectivity index (χ3v) is 4.88. The van der Waals surface area contributed by atoms with Gasteiger partial charge in [-0.1, -0.05) is 30.1 Å². The Hall–Kier alpha value is -0.780. The van der Waals surface area contributed by atoms with Gasteiger partial charge in [0.25, 0.3) is 5.91 Å². The maximum atomic E-state index is 12.3. The molecule has 1 aromatic heterocycles. The van der Waals surface area contributed by atoms with Gasteiger partial charge < -0.3 is 10.0 Å². The van der Waals surface area contributed by atoms with Crippen LogP contribution in [0.1, 0.15) is 23.7 Å². The van der Waals surface area contributed by atoms with Crippen molar-refractivity contribution in [2.24, 2.45) is 11.8 Å². The van der Waals surface area contributed by atoms with Gasteiger partial charge >= 0.3 is 5.97 Å². The molecule has 1 aliphatic heterocycles. The zero-order valence-corrected chi connectivity index (χ0v) is 12.6. The van der Waals surface area contributed by atoms with Crippen LogP contribution in [0.25, 0.3) is 0 Å². The first kappa shape index (κ1) is 14.6. The lowest BCUT2D eigenvalue weighted by Gasteiger charge is -2.34. The van der Waals surface area contributed by atoms with Gasteiger partial charge in [-0.15, -0.1) is 11.3 Å². The Bertz CT molecular complexity index is 517. The van der Waals surface area contributed by atoms with Crippen molar-refractivity contribution in [3.05, 3.63) is 20.3 Å². The van der Waals surface area contributed by atoms with Crippen LogP contribution in [-0.2, 0) is 4.79 Å². The molecule has 0 aliphatic carbocycles. The molecule has 104 valence electrons. The molecule has 0 aromatic carbocycles. The number of hydrogen-bond acceptors (Lipinski definition) is 3. The molecular formula is C12H13Cl2NO3S. The minimum Gasteiger partial charge on any atom is -0.481 e. The molecule has 0 bridgehead atoms. The summed E-state index contributed by atoms with van der Waals surface area (Å²) in [7, 11) is 0. The van der Waals surface area contributed by atoms with Crippen molar-refractivity contribution in [1.29, 1.82) is 0 Å². The molecule has 4 nitrogen and oxygen atoms in total. The monoisotopic (exact) mass is 321 g/mol. The second kappa shape index (κ2) is 5.69. The molecule has 1 N–H and O–H groups in total. The number of carbonyl (C=O) groups excluding carboxylic acids is 1. The molecule has 0 spiro atoms. The first-order valence-electron chi connectivity index (χ1n) is 5.87. The van der Waals surface area contributed by atoms with Gasteiger partial charge in [-0.25, -0.2) is 0 Å². The molecule has 2 heterocycles. The highest BCUT2D eigenvalue weighted by molar-refractivity contribution is 7.20. The molecule has 2 unspecified atom stereocenters. The van der Waals surface area contributed by atoms with Crippen LogP contribution < -0.4 is 0 Å². The lowest BCUT2D eigenvalue weighted by Crippen LogP contribution is -2.44. The highest BCUT2D eigenvalue weighted by Gasteiger charge is 2.34. The van der Waals surface area contributed by atoms with E-state index in [0.717, 1.165) is 11.3 Å². The van der Waals surface area contributed by atoms with Crippen molar-refractivity contribution in [3.63, 3.8) is 0 Å². The van der Waals surface area contributed by atoms with Crippen LogP contribution >= 0.6 is 34.5 Å². The number of piperidine rings is 1. The van der Waals surface area contributed by atoms with E-state index in [2.05, 4.69) is 0 Å². The highest BCUT2D eigenvalue weighted by atomic mass is 35.5. The van der Waals surface area contributed by atoms with Crippen LogP contribution in [0.4, 0.5) is 0 Å². The van der Waals surface area contributed by atoms with Crippen LogP contribution in [0.15, 0.2) is 6.07 Å². The van der Waals surface area contributed by atoms with Crippen molar-refractivity contribution < 1.29 is 14.7 Å². The van der Waals surface area contributed by atoms with Crippen LogP contribution in [0.3, 0.4) is 0 Å². The number of hydrogen-bond donors (Lipinski definition) is 1. The summed E-state index contributed by atoms with van der Waals surface area (Å²) in [6, 6.07) is 1.56. The third kappa shape index (κ3) is 3.04. The Balaban J connectivity index is 2.10. The normalized spacial score (nSPS) is 23.4. The molecule has 1 aromatic rings. The van der Waals surface area contributed by atoms with Gasteiger partial charge in [-0.05, 0) is 18.4 Å². The fourth-order valence-corrected chi connectivity index (χ4v) is 3.80. The predicted molar refractivity (Wildman–Crippen MR) is 75.1 cm³/mol. The third-order valence-electron chi connectivity index (χ3n) is 3.40. The second-order valence-electron chi connectivity index (χ2n) is 4.70. The van der Waals surface area contributed by atoms with Gasteiger partial charge in [0.05, 0.1) is 15.8 Å². The number of carbonyl (C=O) groups is 2. The van der Waals surface area contributed by atoms with Gasteiger partial charge in [-0.2, -0.15) is 0 Å². The fraction of sp³-hybridized carbons (Fsp3) is 0.500. The maximum Gasteiger partial charge on any atom is 0.306 e. The Morgan fingerprint density at radius 1 is 1.47 bits per heavy atom. The number of carboxylic acids is 1. The molecule has 0 radical (unpaired) electrons. The number of rotatable bonds is 2. The first-order valence-corrected chi connectivity index (χ1v) is 7.44. The van der Waals surface area contributed by atoms with E-state index in [0.29, 0.717) is 33.7 Å². The van der Waals surface area contributed by atoms with Gasteiger partial charge in [-0.3, -0.25) is 9.59 Å². The summed E-state index contributed by atoms with van der Waals surface area (Å²) in [5, 5.41) is 9.06. The van der Waals surface area contributed by atoms with E-state index >= 15 is 0 Å². The van der Waals surface area contributed by atoms with Gasteiger partial charge in [0.1, 0.15) is 4.34 Å². The molecular weight excluding hydrogens is 309 g/mol. The van der Waals surface area contributed by atoms with Gasteiger partial charge in [0.2, 0.25) is 0 Å².